The summed E-state index contributed by atoms with van der Waals surface area (Å²) in [6.07, 6.45) is 0.963. The highest BCUT2D eigenvalue weighted by atomic mass is 32.2. The van der Waals surface area contributed by atoms with Crippen molar-refractivity contribution in [1.82, 2.24) is 9.97 Å². The molecule has 3 aromatic rings. The second-order valence-electron chi connectivity index (χ2n) is 6.13. The monoisotopic (exact) mass is 463 g/mol. The number of anilines is 1. The standard InChI is InChI=1S/C20H18FN3O5S2/c1-2-29-15-7-9-16(10-8-15)31(27,28)17-11-22-20(24-19(17)26)30-12-18(25)23-14-5-3-13(21)4-6-14/h3-11H,2,12H2,1H3,(H,23,25)(H,22,24,26). The van der Waals surface area contributed by atoms with Gasteiger partial charge in [-0.1, -0.05) is 11.8 Å². The van der Waals surface area contributed by atoms with E-state index in [1.165, 1.54) is 48.5 Å². The Hall–Kier alpha value is -3.18. The molecule has 162 valence electrons. The molecule has 2 aromatic carbocycles. The summed E-state index contributed by atoms with van der Waals surface area (Å²) in [4.78, 5) is 30.1. The van der Waals surface area contributed by atoms with Crippen LogP contribution in [-0.4, -0.2) is 36.7 Å². The Morgan fingerprint density at radius 3 is 2.45 bits per heavy atom. The predicted molar refractivity (Wildman–Crippen MR) is 114 cm³/mol. The summed E-state index contributed by atoms with van der Waals surface area (Å²) >= 11 is 0.924. The van der Waals surface area contributed by atoms with Gasteiger partial charge in [-0.3, -0.25) is 9.59 Å². The van der Waals surface area contributed by atoms with E-state index in [0.29, 0.717) is 18.0 Å². The first kappa shape index (κ1) is 22.5. The van der Waals surface area contributed by atoms with Gasteiger partial charge in [0.2, 0.25) is 15.7 Å². The lowest BCUT2D eigenvalue weighted by Crippen LogP contribution is -2.20. The zero-order valence-electron chi connectivity index (χ0n) is 16.3. The highest BCUT2D eigenvalue weighted by Crippen LogP contribution is 2.21. The van der Waals surface area contributed by atoms with Crippen LogP contribution < -0.4 is 15.6 Å². The van der Waals surface area contributed by atoms with Crippen molar-refractivity contribution in [1.29, 1.82) is 0 Å². The summed E-state index contributed by atoms with van der Waals surface area (Å²) < 4.78 is 43.6. The zero-order valence-corrected chi connectivity index (χ0v) is 17.9. The van der Waals surface area contributed by atoms with Crippen molar-refractivity contribution in [3.63, 3.8) is 0 Å². The number of nitrogens with zero attached hydrogens (tertiary/aromatic N) is 1. The third-order valence-corrected chi connectivity index (χ3v) is 6.60. The predicted octanol–water partition coefficient (Wildman–Crippen LogP) is 2.87. The maximum Gasteiger partial charge on any atom is 0.270 e. The number of sulfone groups is 1. The molecule has 2 N–H and O–H groups in total. The number of halogens is 1. The van der Waals surface area contributed by atoms with Gasteiger partial charge in [0.1, 0.15) is 11.6 Å². The minimum Gasteiger partial charge on any atom is -0.494 e. The van der Waals surface area contributed by atoms with Gasteiger partial charge in [-0.15, -0.1) is 0 Å². The van der Waals surface area contributed by atoms with Gasteiger partial charge in [-0.05, 0) is 55.5 Å². The number of carbonyl (C=O) groups excluding carboxylic acids is 1. The Kier molecular flexibility index (Phi) is 7.08. The average Bonchev–Trinajstić information content (AvgIpc) is 2.74. The van der Waals surface area contributed by atoms with Crippen LogP contribution in [0.3, 0.4) is 0 Å². The number of aromatic amines is 1. The van der Waals surface area contributed by atoms with Crippen LogP contribution in [0.5, 0.6) is 5.75 Å². The number of H-pyrrole nitrogens is 1. The number of hydrogen-bond acceptors (Lipinski definition) is 7. The number of amides is 1. The molecule has 0 fully saturated rings. The van der Waals surface area contributed by atoms with E-state index < -0.39 is 32.0 Å². The Morgan fingerprint density at radius 1 is 1.16 bits per heavy atom. The maximum atomic E-state index is 12.9. The van der Waals surface area contributed by atoms with Crippen molar-refractivity contribution in [3.05, 3.63) is 70.9 Å². The minimum atomic E-state index is -4.07. The van der Waals surface area contributed by atoms with Crippen molar-refractivity contribution >= 4 is 33.2 Å². The van der Waals surface area contributed by atoms with E-state index in [4.69, 9.17) is 4.74 Å². The van der Waals surface area contributed by atoms with E-state index in [9.17, 15) is 22.4 Å². The van der Waals surface area contributed by atoms with Crippen LogP contribution in [0.4, 0.5) is 10.1 Å². The molecule has 0 radical (unpaired) electrons. The third kappa shape index (κ3) is 5.70. The topological polar surface area (TPSA) is 118 Å². The minimum absolute atomic E-state index is 0.0673. The Morgan fingerprint density at radius 2 is 1.84 bits per heavy atom. The Bertz CT molecular complexity index is 1230. The molecule has 1 heterocycles. The zero-order chi connectivity index (χ0) is 22.4. The van der Waals surface area contributed by atoms with Gasteiger partial charge in [0.05, 0.1) is 23.5 Å². The molecule has 0 saturated heterocycles. The molecule has 0 bridgehead atoms. The largest absolute Gasteiger partial charge is 0.494 e. The summed E-state index contributed by atoms with van der Waals surface area (Å²) in [5.41, 5.74) is -0.421. The molecule has 1 aromatic heterocycles. The van der Waals surface area contributed by atoms with Gasteiger partial charge in [-0.2, -0.15) is 0 Å². The lowest BCUT2D eigenvalue weighted by Gasteiger charge is -2.07. The fourth-order valence-corrected chi connectivity index (χ4v) is 4.37. The lowest BCUT2D eigenvalue weighted by molar-refractivity contribution is -0.113. The van der Waals surface area contributed by atoms with Gasteiger partial charge in [0, 0.05) is 5.69 Å². The SMILES string of the molecule is CCOc1ccc(S(=O)(=O)c2cnc(SCC(=O)Nc3ccc(F)cc3)[nH]c2=O)cc1. The summed E-state index contributed by atoms with van der Waals surface area (Å²) in [5.74, 6) is -0.399. The molecule has 31 heavy (non-hydrogen) atoms. The quantitative estimate of drug-likeness (QED) is 0.390. The molecule has 3 rings (SSSR count). The summed E-state index contributed by atoms with van der Waals surface area (Å²) in [7, 11) is -4.07. The van der Waals surface area contributed by atoms with Crippen molar-refractivity contribution < 1.29 is 22.3 Å². The van der Waals surface area contributed by atoms with Gasteiger partial charge >= 0.3 is 0 Å². The molecule has 0 spiro atoms. The number of nitrogens with one attached hydrogen (secondary N) is 2. The molecular formula is C20H18FN3O5S2. The van der Waals surface area contributed by atoms with Crippen LogP contribution in [0.2, 0.25) is 0 Å². The highest BCUT2D eigenvalue weighted by molar-refractivity contribution is 7.99. The van der Waals surface area contributed by atoms with Crippen molar-refractivity contribution in [2.24, 2.45) is 0 Å². The Labute approximate surface area is 181 Å². The van der Waals surface area contributed by atoms with Crippen molar-refractivity contribution in [3.8, 4) is 5.75 Å². The fraction of sp³-hybridized carbons (Fsp3) is 0.150. The summed E-state index contributed by atoms with van der Waals surface area (Å²) in [6.45, 7) is 2.25. The third-order valence-electron chi connectivity index (χ3n) is 3.95. The molecule has 0 aliphatic rings. The summed E-state index contributed by atoms with van der Waals surface area (Å²) in [5, 5.41) is 2.66. The molecular weight excluding hydrogens is 445 g/mol. The molecule has 0 aliphatic heterocycles. The first-order valence-corrected chi connectivity index (χ1v) is 11.5. The lowest BCUT2D eigenvalue weighted by atomic mass is 10.3. The van der Waals surface area contributed by atoms with Crippen molar-refractivity contribution in [2.45, 2.75) is 21.9 Å². The first-order chi connectivity index (χ1) is 14.8. The van der Waals surface area contributed by atoms with E-state index in [2.05, 4.69) is 15.3 Å². The highest BCUT2D eigenvalue weighted by Gasteiger charge is 2.22. The van der Waals surface area contributed by atoms with Crippen LogP contribution in [0.25, 0.3) is 0 Å². The number of rotatable bonds is 8. The van der Waals surface area contributed by atoms with Crippen LogP contribution in [0.1, 0.15) is 6.92 Å². The molecule has 0 unspecified atom stereocenters. The van der Waals surface area contributed by atoms with Crippen LogP contribution >= 0.6 is 11.8 Å². The second kappa shape index (κ2) is 9.75. The van der Waals surface area contributed by atoms with Gasteiger partial charge in [0.15, 0.2) is 10.1 Å². The number of thioether (sulfide) groups is 1. The second-order valence-corrected chi connectivity index (χ2v) is 9.02. The maximum absolute atomic E-state index is 12.9. The van der Waals surface area contributed by atoms with Crippen molar-refractivity contribution in [2.75, 3.05) is 17.7 Å². The van der Waals surface area contributed by atoms with E-state index in [1.807, 2.05) is 6.92 Å². The van der Waals surface area contributed by atoms with Crippen LogP contribution in [0.15, 0.2) is 74.5 Å². The number of ether oxygens (including phenoxy) is 1. The molecule has 8 nitrogen and oxygen atoms in total. The van der Waals surface area contributed by atoms with E-state index in [0.717, 1.165) is 18.0 Å². The molecule has 1 amide bonds. The smallest absolute Gasteiger partial charge is 0.270 e. The van der Waals surface area contributed by atoms with Gasteiger partial charge in [0.25, 0.3) is 5.56 Å². The van der Waals surface area contributed by atoms with Crippen LogP contribution in [-0.2, 0) is 14.6 Å². The van der Waals surface area contributed by atoms with E-state index in [1.54, 1.807) is 0 Å². The van der Waals surface area contributed by atoms with Gasteiger partial charge < -0.3 is 15.0 Å². The Balaban J connectivity index is 1.68. The first-order valence-electron chi connectivity index (χ1n) is 9.05. The van der Waals surface area contributed by atoms with Crippen LogP contribution in [0, 0.1) is 5.82 Å². The summed E-state index contributed by atoms with van der Waals surface area (Å²) in [6, 6.07) is 11.0. The molecule has 0 aliphatic carbocycles. The average molecular weight is 464 g/mol. The molecule has 0 atom stereocenters. The number of carbonyl (C=O) groups is 1. The van der Waals surface area contributed by atoms with E-state index >= 15 is 0 Å². The van der Waals surface area contributed by atoms with E-state index in [-0.39, 0.29) is 15.8 Å². The normalized spacial score (nSPS) is 11.2. The number of benzene rings is 2. The fourth-order valence-electron chi connectivity index (χ4n) is 2.50. The number of hydrogen-bond donors (Lipinski definition) is 2. The van der Waals surface area contributed by atoms with Gasteiger partial charge in [-0.25, -0.2) is 17.8 Å². The molecule has 0 saturated carbocycles. The molecule has 11 heteroatoms. The number of aromatic nitrogens is 2.